The number of amides is 2. The lowest BCUT2D eigenvalue weighted by Crippen LogP contribution is -2.40. The van der Waals surface area contributed by atoms with Gasteiger partial charge in [-0.15, -0.1) is 0 Å². The number of para-hydroxylation sites is 1. The minimum Gasteiger partial charge on any atom is -0.364 e. The molecule has 3 N–H and O–H groups in total. The van der Waals surface area contributed by atoms with Crippen LogP contribution in [-0.4, -0.2) is 46.4 Å². The van der Waals surface area contributed by atoms with Crippen LogP contribution in [0.2, 0.25) is 0 Å². The predicted molar refractivity (Wildman–Crippen MR) is 148 cm³/mol. The van der Waals surface area contributed by atoms with Gasteiger partial charge in [0.15, 0.2) is 5.75 Å². The number of halogens is 1. The van der Waals surface area contributed by atoms with Crippen molar-refractivity contribution < 1.29 is 22.8 Å². The number of piperidine rings is 1. The summed E-state index contributed by atoms with van der Waals surface area (Å²) >= 11 is 3.35. The number of hydrogen-bond acceptors (Lipinski definition) is 6. The molecule has 4 rings (SSSR count). The summed E-state index contributed by atoms with van der Waals surface area (Å²) in [7, 11) is -4.15. The number of carbonyl (C=O) groups is 2. The molecule has 1 fully saturated rings. The molecule has 0 bridgehead atoms. The Kier molecular flexibility index (Phi) is 9.38. The Hall–Kier alpha value is -3.41. The molecule has 0 spiro atoms. The maximum Gasteiger partial charge on any atom is 0.295 e. The molecule has 200 valence electrons. The molecule has 0 aromatic heterocycles. The van der Waals surface area contributed by atoms with Gasteiger partial charge >= 0.3 is 0 Å². The molecule has 1 aliphatic rings. The molecule has 2 amide bonds. The zero-order valence-electron chi connectivity index (χ0n) is 20.6. The van der Waals surface area contributed by atoms with Crippen LogP contribution in [0.1, 0.15) is 23.2 Å². The fourth-order valence-electron chi connectivity index (χ4n) is 3.92. The Balaban J connectivity index is 1.41. The van der Waals surface area contributed by atoms with E-state index in [1.165, 1.54) is 24.3 Å². The number of benzene rings is 3. The average molecular weight is 602 g/mol. The summed E-state index contributed by atoms with van der Waals surface area (Å²) in [4.78, 5) is 30.4. The minimum absolute atomic E-state index is 0.0604. The third-order valence-electron chi connectivity index (χ3n) is 6.06. The van der Waals surface area contributed by atoms with Crippen LogP contribution in [0.25, 0.3) is 0 Å². The smallest absolute Gasteiger partial charge is 0.295 e. The standard InChI is InChI=1S/C27H29BrN4O5S/c28-22-8-10-24(11-9-22)37-32(23-4-2-1-3-5-23)38(35,36)25-12-6-21(7-13-25)27(34)31-19-26(33)30-18-20-14-16-29-17-15-20/h1-13,20,29H,14-19H2,(H,30,33)(H,31,34). The number of carbonyl (C=O) groups excluding carboxylic acids is 2. The molecule has 3 aromatic rings. The highest BCUT2D eigenvalue weighted by molar-refractivity contribution is 9.10. The van der Waals surface area contributed by atoms with Gasteiger partial charge < -0.3 is 20.8 Å². The molecule has 0 radical (unpaired) electrons. The first-order chi connectivity index (χ1) is 18.3. The van der Waals surface area contributed by atoms with E-state index in [0.717, 1.165) is 34.9 Å². The second kappa shape index (κ2) is 12.9. The van der Waals surface area contributed by atoms with Crippen molar-refractivity contribution in [3.8, 4) is 5.75 Å². The van der Waals surface area contributed by atoms with Gasteiger partial charge in [0.1, 0.15) is 0 Å². The molecule has 1 aliphatic heterocycles. The van der Waals surface area contributed by atoms with Gasteiger partial charge in [0.25, 0.3) is 15.9 Å². The van der Waals surface area contributed by atoms with Crippen LogP contribution in [0.3, 0.4) is 0 Å². The molecule has 1 heterocycles. The molecular formula is C27H29BrN4O5S. The first kappa shape index (κ1) is 27.6. The number of nitrogens with one attached hydrogen (secondary N) is 3. The van der Waals surface area contributed by atoms with Gasteiger partial charge in [0, 0.05) is 16.6 Å². The second-order valence-corrected chi connectivity index (χ2v) is 11.5. The van der Waals surface area contributed by atoms with Crippen molar-refractivity contribution in [2.45, 2.75) is 17.7 Å². The lowest BCUT2D eigenvalue weighted by molar-refractivity contribution is -0.120. The SMILES string of the molecule is O=C(CNC(=O)c1ccc(S(=O)(=O)N(Oc2ccc(Br)cc2)c2ccccc2)cc1)NCC1CCNCC1. The third kappa shape index (κ3) is 7.33. The summed E-state index contributed by atoms with van der Waals surface area (Å²) < 4.78 is 28.7. The van der Waals surface area contributed by atoms with Gasteiger partial charge in [0.2, 0.25) is 5.91 Å². The summed E-state index contributed by atoms with van der Waals surface area (Å²) in [5.74, 6) is 0.0281. The molecule has 1 saturated heterocycles. The van der Waals surface area contributed by atoms with E-state index in [9.17, 15) is 18.0 Å². The quantitative estimate of drug-likeness (QED) is 0.307. The van der Waals surface area contributed by atoms with E-state index in [2.05, 4.69) is 31.9 Å². The van der Waals surface area contributed by atoms with Crippen LogP contribution in [-0.2, 0) is 14.8 Å². The second-order valence-electron chi connectivity index (χ2n) is 8.82. The topological polar surface area (TPSA) is 117 Å². The fraction of sp³-hybridized carbons (Fsp3) is 0.259. The van der Waals surface area contributed by atoms with Crippen molar-refractivity contribution >= 4 is 43.5 Å². The third-order valence-corrected chi connectivity index (χ3v) is 8.18. The van der Waals surface area contributed by atoms with Crippen molar-refractivity contribution in [1.82, 2.24) is 16.0 Å². The van der Waals surface area contributed by atoms with Gasteiger partial charge in [-0.1, -0.05) is 38.6 Å². The maximum absolute atomic E-state index is 13.5. The van der Waals surface area contributed by atoms with Crippen molar-refractivity contribution in [3.63, 3.8) is 0 Å². The normalized spacial score (nSPS) is 13.9. The summed E-state index contributed by atoms with van der Waals surface area (Å²) in [5, 5.41) is 8.72. The van der Waals surface area contributed by atoms with E-state index in [1.807, 2.05) is 0 Å². The van der Waals surface area contributed by atoms with Crippen molar-refractivity contribution in [3.05, 3.63) is 88.9 Å². The summed E-state index contributed by atoms with van der Waals surface area (Å²) in [6.07, 6.45) is 2.02. The van der Waals surface area contributed by atoms with Crippen molar-refractivity contribution in [2.75, 3.05) is 30.6 Å². The maximum atomic E-state index is 13.5. The van der Waals surface area contributed by atoms with Gasteiger partial charge in [-0.25, -0.2) is 0 Å². The predicted octanol–water partition coefficient (Wildman–Crippen LogP) is 3.48. The summed E-state index contributed by atoms with van der Waals surface area (Å²) in [5.41, 5.74) is 0.544. The fourth-order valence-corrected chi connectivity index (χ4v) is 5.44. The van der Waals surface area contributed by atoms with Gasteiger partial charge in [0.05, 0.1) is 17.1 Å². The Labute approximate surface area is 230 Å². The lowest BCUT2D eigenvalue weighted by atomic mass is 9.98. The van der Waals surface area contributed by atoms with Crippen LogP contribution in [0.5, 0.6) is 5.75 Å². The van der Waals surface area contributed by atoms with Crippen molar-refractivity contribution in [1.29, 1.82) is 0 Å². The Morgan fingerprint density at radius 1 is 0.921 bits per heavy atom. The average Bonchev–Trinajstić information content (AvgIpc) is 2.95. The zero-order valence-corrected chi connectivity index (χ0v) is 23.0. The van der Waals surface area contributed by atoms with Crippen LogP contribution in [0.4, 0.5) is 5.69 Å². The zero-order chi connectivity index (χ0) is 27.0. The highest BCUT2D eigenvalue weighted by atomic mass is 79.9. The van der Waals surface area contributed by atoms with E-state index >= 15 is 0 Å². The van der Waals surface area contributed by atoms with Crippen molar-refractivity contribution in [2.24, 2.45) is 5.92 Å². The first-order valence-electron chi connectivity index (χ1n) is 12.2. The Morgan fingerprint density at radius 3 is 2.24 bits per heavy atom. The van der Waals surface area contributed by atoms with E-state index in [4.69, 9.17) is 4.84 Å². The van der Waals surface area contributed by atoms with Crippen LogP contribution in [0, 0.1) is 5.92 Å². The number of rotatable bonds is 10. The van der Waals surface area contributed by atoms with Gasteiger partial charge in [-0.2, -0.15) is 8.42 Å². The molecule has 11 heteroatoms. The largest absolute Gasteiger partial charge is 0.364 e. The van der Waals surface area contributed by atoms with Crippen LogP contribution < -0.4 is 25.3 Å². The Bertz CT molecular complexity index is 1330. The molecule has 38 heavy (non-hydrogen) atoms. The highest BCUT2D eigenvalue weighted by Gasteiger charge is 2.28. The monoisotopic (exact) mass is 600 g/mol. The molecule has 9 nitrogen and oxygen atoms in total. The first-order valence-corrected chi connectivity index (χ1v) is 14.5. The lowest BCUT2D eigenvalue weighted by Gasteiger charge is -2.24. The molecule has 0 saturated carbocycles. The van der Waals surface area contributed by atoms with Gasteiger partial charge in [-0.05, 0) is 92.5 Å². The van der Waals surface area contributed by atoms with Gasteiger partial charge in [-0.3, -0.25) is 9.59 Å². The van der Waals surface area contributed by atoms with Crippen LogP contribution in [0.15, 0.2) is 88.2 Å². The molecule has 3 aromatic carbocycles. The summed E-state index contributed by atoms with van der Waals surface area (Å²) in [6.45, 7) is 2.32. The number of nitrogens with zero attached hydrogens (tertiary/aromatic N) is 1. The number of sulfonamides is 1. The number of anilines is 1. The van der Waals surface area contributed by atoms with E-state index in [-0.39, 0.29) is 22.9 Å². The molecule has 0 aliphatic carbocycles. The van der Waals surface area contributed by atoms with E-state index in [0.29, 0.717) is 23.9 Å². The van der Waals surface area contributed by atoms with E-state index < -0.39 is 15.9 Å². The number of hydrogen-bond donors (Lipinski definition) is 3. The highest BCUT2D eigenvalue weighted by Crippen LogP contribution is 2.27. The van der Waals surface area contributed by atoms with E-state index in [1.54, 1.807) is 54.6 Å². The molecular weight excluding hydrogens is 572 g/mol. The Morgan fingerprint density at radius 2 is 1.58 bits per heavy atom. The van der Waals surface area contributed by atoms with Crippen LogP contribution >= 0.6 is 15.9 Å². The molecule has 0 atom stereocenters. The molecule has 0 unspecified atom stereocenters. The minimum atomic E-state index is -4.15. The summed E-state index contributed by atoms with van der Waals surface area (Å²) in [6, 6.07) is 20.7.